The lowest BCUT2D eigenvalue weighted by Crippen LogP contribution is -2.40. The molecule has 0 bridgehead atoms. The predicted octanol–water partition coefficient (Wildman–Crippen LogP) is 3.29. The Hall–Kier alpha value is -0.300. The van der Waals surface area contributed by atoms with Crippen LogP contribution in [0.4, 0.5) is 0 Å². The molecule has 1 aliphatic rings. The van der Waals surface area contributed by atoms with Crippen molar-refractivity contribution in [1.82, 2.24) is 4.31 Å². The Morgan fingerprint density at radius 1 is 1.48 bits per heavy atom. The van der Waals surface area contributed by atoms with E-state index in [0.717, 1.165) is 24.2 Å². The van der Waals surface area contributed by atoms with E-state index < -0.39 is 10.0 Å². The molecule has 0 radical (unpaired) electrons. The lowest BCUT2D eigenvalue weighted by Gasteiger charge is -2.30. The smallest absolute Gasteiger partial charge is 0.211 e. The van der Waals surface area contributed by atoms with Gasteiger partial charge >= 0.3 is 0 Å². The molecule has 0 aliphatic carbocycles. The van der Waals surface area contributed by atoms with E-state index in [1.165, 1.54) is 10.6 Å². The highest BCUT2D eigenvalue weighted by Gasteiger charge is 2.26. The van der Waals surface area contributed by atoms with Crippen LogP contribution in [-0.4, -0.2) is 38.7 Å². The van der Waals surface area contributed by atoms with Crippen LogP contribution in [0.5, 0.6) is 5.75 Å². The normalized spacial score (nSPS) is 20.4. The van der Waals surface area contributed by atoms with Gasteiger partial charge in [-0.1, -0.05) is 33.6 Å². The molecule has 21 heavy (non-hydrogen) atoms. The van der Waals surface area contributed by atoms with Crippen molar-refractivity contribution in [2.75, 3.05) is 26.0 Å². The van der Waals surface area contributed by atoms with Gasteiger partial charge < -0.3 is 4.74 Å². The van der Waals surface area contributed by atoms with E-state index in [1.54, 1.807) is 0 Å². The van der Waals surface area contributed by atoms with Gasteiger partial charge in [0.15, 0.2) is 0 Å². The summed E-state index contributed by atoms with van der Waals surface area (Å²) in [6.07, 6.45) is 3.12. The molecule has 1 aromatic carbocycles. The summed E-state index contributed by atoms with van der Waals surface area (Å²) in [7, 11) is -3.11. The van der Waals surface area contributed by atoms with Gasteiger partial charge in [-0.3, -0.25) is 0 Å². The molecule has 0 amide bonds. The summed E-state index contributed by atoms with van der Waals surface area (Å²) in [6.45, 7) is 1.65. The molecule has 7 heteroatoms. The monoisotopic (exact) mass is 395 g/mol. The van der Waals surface area contributed by atoms with Crippen LogP contribution in [0, 0.1) is 5.92 Å². The van der Waals surface area contributed by atoms with Crippen LogP contribution in [0.3, 0.4) is 0 Å². The van der Waals surface area contributed by atoms with Crippen LogP contribution >= 0.6 is 27.5 Å². The second kappa shape index (κ2) is 7.31. The quantitative estimate of drug-likeness (QED) is 0.718. The zero-order valence-electron chi connectivity index (χ0n) is 11.9. The van der Waals surface area contributed by atoms with Crippen LogP contribution < -0.4 is 4.74 Å². The van der Waals surface area contributed by atoms with Gasteiger partial charge in [-0.25, -0.2) is 12.7 Å². The maximum atomic E-state index is 11.6. The van der Waals surface area contributed by atoms with E-state index in [-0.39, 0.29) is 5.92 Å². The van der Waals surface area contributed by atoms with E-state index in [1.807, 2.05) is 18.2 Å². The minimum Gasteiger partial charge on any atom is -0.493 e. The zero-order valence-corrected chi connectivity index (χ0v) is 15.0. The fourth-order valence-electron chi connectivity index (χ4n) is 2.48. The molecule has 1 saturated heterocycles. The van der Waals surface area contributed by atoms with Gasteiger partial charge in [-0.05, 0) is 25.0 Å². The van der Waals surface area contributed by atoms with Gasteiger partial charge in [0.25, 0.3) is 0 Å². The number of rotatable bonds is 5. The van der Waals surface area contributed by atoms with Crippen molar-refractivity contribution in [3.05, 3.63) is 28.8 Å². The number of sulfonamides is 1. The van der Waals surface area contributed by atoms with E-state index >= 15 is 0 Å². The molecule has 0 aromatic heterocycles. The highest BCUT2D eigenvalue weighted by Crippen LogP contribution is 2.29. The Morgan fingerprint density at radius 2 is 2.24 bits per heavy atom. The van der Waals surface area contributed by atoms with E-state index in [0.29, 0.717) is 30.0 Å². The fourth-order valence-corrected chi connectivity index (χ4v) is 4.39. The second-order valence-corrected chi connectivity index (χ2v) is 8.24. The molecule has 1 unspecified atom stereocenters. The van der Waals surface area contributed by atoms with Crippen molar-refractivity contribution < 1.29 is 13.2 Å². The summed E-state index contributed by atoms with van der Waals surface area (Å²) < 4.78 is 30.6. The topological polar surface area (TPSA) is 46.6 Å². The van der Waals surface area contributed by atoms with Crippen LogP contribution in [-0.2, 0) is 15.4 Å². The lowest BCUT2D eigenvalue weighted by atomic mass is 10.0. The molecule has 1 atom stereocenters. The summed E-state index contributed by atoms with van der Waals surface area (Å²) in [5, 5.41) is 1.30. The number of nitrogens with zero attached hydrogens (tertiary/aromatic N) is 1. The largest absolute Gasteiger partial charge is 0.493 e. The van der Waals surface area contributed by atoms with Crippen molar-refractivity contribution in [2.24, 2.45) is 5.92 Å². The SMILES string of the molecule is CS(=O)(=O)N1CCCC(COc2cccc(Cl)c2CBr)C1. The Morgan fingerprint density at radius 3 is 2.90 bits per heavy atom. The lowest BCUT2D eigenvalue weighted by molar-refractivity contribution is 0.180. The molecule has 0 N–H and O–H groups in total. The highest BCUT2D eigenvalue weighted by atomic mass is 79.9. The van der Waals surface area contributed by atoms with Crippen molar-refractivity contribution >= 4 is 37.6 Å². The van der Waals surface area contributed by atoms with E-state index in [9.17, 15) is 8.42 Å². The third-order valence-corrected chi connectivity index (χ3v) is 5.82. The molecular weight excluding hydrogens is 378 g/mol. The predicted molar refractivity (Wildman–Crippen MR) is 88.7 cm³/mol. The van der Waals surface area contributed by atoms with Gasteiger partial charge in [0.1, 0.15) is 5.75 Å². The standard InChI is InChI=1S/C14H19BrClNO3S/c1-21(18,19)17-7-3-4-11(9-17)10-20-14-6-2-5-13(16)12(14)8-15/h2,5-6,11H,3-4,7-10H2,1H3. The second-order valence-electron chi connectivity index (χ2n) is 5.29. The first kappa shape index (κ1) is 17.1. The first-order valence-corrected chi connectivity index (χ1v) is 10.2. The molecule has 0 saturated carbocycles. The average Bonchev–Trinajstić information content (AvgIpc) is 2.44. The van der Waals surface area contributed by atoms with E-state index in [2.05, 4.69) is 15.9 Å². The highest BCUT2D eigenvalue weighted by molar-refractivity contribution is 9.08. The third kappa shape index (κ3) is 4.58. The third-order valence-electron chi connectivity index (χ3n) is 3.63. The Balaban J connectivity index is 1.99. The average molecular weight is 397 g/mol. The van der Waals surface area contributed by atoms with E-state index in [4.69, 9.17) is 16.3 Å². The number of benzene rings is 1. The van der Waals surface area contributed by atoms with Gasteiger partial charge in [0, 0.05) is 34.9 Å². The van der Waals surface area contributed by atoms with Crippen LogP contribution in [0.1, 0.15) is 18.4 Å². The number of piperidine rings is 1. The summed E-state index contributed by atoms with van der Waals surface area (Å²) in [6, 6.07) is 5.57. The van der Waals surface area contributed by atoms with Gasteiger partial charge in [-0.2, -0.15) is 0 Å². The van der Waals surface area contributed by atoms with Crippen molar-refractivity contribution in [2.45, 2.75) is 18.2 Å². The number of halogens is 2. The summed E-state index contributed by atoms with van der Waals surface area (Å²) in [5.74, 6) is 0.978. The maximum absolute atomic E-state index is 11.6. The van der Waals surface area contributed by atoms with Crippen LogP contribution in [0.25, 0.3) is 0 Å². The molecule has 1 aliphatic heterocycles. The summed E-state index contributed by atoms with van der Waals surface area (Å²) in [5.41, 5.74) is 0.926. The number of alkyl halides is 1. The molecular formula is C14H19BrClNO3S. The Kier molecular flexibility index (Phi) is 5.94. The number of ether oxygens (including phenoxy) is 1. The maximum Gasteiger partial charge on any atom is 0.211 e. The van der Waals surface area contributed by atoms with Gasteiger partial charge in [0.2, 0.25) is 10.0 Å². The molecule has 0 spiro atoms. The fraction of sp³-hybridized carbons (Fsp3) is 0.571. The molecule has 1 fully saturated rings. The minimum absolute atomic E-state index is 0.218. The first-order chi connectivity index (χ1) is 9.91. The Labute approximate surface area is 139 Å². The summed E-state index contributed by atoms with van der Waals surface area (Å²) in [4.78, 5) is 0. The summed E-state index contributed by atoms with van der Waals surface area (Å²) >= 11 is 9.55. The minimum atomic E-state index is -3.11. The number of hydrogen-bond donors (Lipinski definition) is 0. The Bertz CT molecular complexity index is 594. The van der Waals surface area contributed by atoms with Crippen molar-refractivity contribution in [1.29, 1.82) is 0 Å². The molecule has 1 heterocycles. The van der Waals surface area contributed by atoms with Crippen molar-refractivity contribution in [3.8, 4) is 5.75 Å². The van der Waals surface area contributed by atoms with Crippen LogP contribution in [0.15, 0.2) is 18.2 Å². The van der Waals surface area contributed by atoms with Crippen LogP contribution in [0.2, 0.25) is 5.02 Å². The molecule has 2 rings (SSSR count). The molecule has 118 valence electrons. The van der Waals surface area contributed by atoms with Gasteiger partial charge in [-0.15, -0.1) is 0 Å². The van der Waals surface area contributed by atoms with Crippen molar-refractivity contribution in [3.63, 3.8) is 0 Å². The molecule has 1 aromatic rings. The first-order valence-electron chi connectivity index (χ1n) is 6.83. The van der Waals surface area contributed by atoms with Gasteiger partial charge in [0.05, 0.1) is 12.9 Å². The zero-order chi connectivity index (χ0) is 15.5. The molecule has 4 nitrogen and oxygen atoms in total. The number of hydrogen-bond acceptors (Lipinski definition) is 3.